The standard InChI is InChI=1S/C27H38N2O5.2ClH/c1-4-14(2)23(26(31)32)28-18-8-7-17-19-11-16-21(33-3)12-20(30)24-22(16)27(17,25(18)34-24)9-10-29(19)13-15-5-6-15;;/h12,14-15,17-19,23,25,28,30H,4-11,13H2,1-3H3,(H,31,32);2*1H/t14-,17-,18+,19+,23-,25-,27-;;/m0../s1. The van der Waals surface area contributed by atoms with Gasteiger partial charge in [0, 0.05) is 41.2 Å². The van der Waals surface area contributed by atoms with Crippen LogP contribution in [0.1, 0.15) is 63.5 Å². The van der Waals surface area contributed by atoms with Crippen LogP contribution in [0.2, 0.25) is 0 Å². The Labute approximate surface area is 226 Å². The number of aliphatic carboxylic acids is 1. The molecule has 36 heavy (non-hydrogen) atoms. The minimum atomic E-state index is -0.796. The van der Waals surface area contributed by atoms with Crippen LogP contribution in [0.15, 0.2) is 6.07 Å². The minimum Gasteiger partial charge on any atom is -0.504 e. The molecule has 0 radical (unpaired) electrons. The van der Waals surface area contributed by atoms with E-state index in [0.29, 0.717) is 17.7 Å². The molecule has 3 N–H and O–H groups in total. The van der Waals surface area contributed by atoms with Crippen LogP contribution in [0.3, 0.4) is 0 Å². The summed E-state index contributed by atoms with van der Waals surface area (Å²) in [5.74, 6) is 2.05. The average molecular weight is 544 g/mol. The molecule has 202 valence electrons. The summed E-state index contributed by atoms with van der Waals surface area (Å²) < 4.78 is 12.4. The lowest BCUT2D eigenvalue weighted by atomic mass is 9.51. The van der Waals surface area contributed by atoms with Crippen molar-refractivity contribution >= 4 is 30.8 Å². The van der Waals surface area contributed by atoms with Crippen molar-refractivity contribution in [1.29, 1.82) is 0 Å². The van der Waals surface area contributed by atoms with Crippen LogP contribution in [0.25, 0.3) is 0 Å². The van der Waals surface area contributed by atoms with Crippen molar-refractivity contribution in [2.24, 2.45) is 17.8 Å². The Balaban J connectivity index is 0.00000152. The molecule has 2 saturated carbocycles. The SMILES string of the molecule is CC[C@H](C)[C@H](N[C@@H]1CC[C@H]2[C@H]3Cc4c(OC)cc(O)c5c4[C@@]2(CCN3CC2CC2)[C@H]1O5)C(=O)O.Cl.Cl. The van der Waals surface area contributed by atoms with Crippen molar-refractivity contribution in [1.82, 2.24) is 10.2 Å². The fraction of sp³-hybridized carbons (Fsp3) is 0.741. The van der Waals surface area contributed by atoms with Gasteiger partial charge < -0.3 is 19.7 Å². The predicted molar refractivity (Wildman–Crippen MR) is 142 cm³/mol. The zero-order chi connectivity index (χ0) is 23.8. The molecule has 1 aromatic rings. The molecular weight excluding hydrogens is 503 g/mol. The van der Waals surface area contributed by atoms with E-state index in [1.165, 1.54) is 24.9 Å². The number of hydrogen-bond acceptors (Lipinski definition) is 6. The summed E-state index contributed by atoms with van der Waals surface area (Å²) >= 11 is 0. The first-order valence-electron chi connectivity index (χ1n) is 13.2. The molecule has 1 saturated heterocycles. The van der Waals surface area contributed by atoms with Crippen LogP contribution in [0.4, 0.5) is 0 Å². The van der Waals surface area contributed by atoms with E-state index in [9.17, 15) is 15.0 Å². The zero-order valence-corrected chi connectivity index (χ0v) is 23.0. The molecule has 2 bridgehead atoms. The van der Waals surface area contributed by atoms with Gasteiger partial charge >= 0.3 is 5.97 Å². The van der Waals surface area contributed by atoms with E-state index in [1.54, 1.807) is 13.2 Å². The number of aromatic hydroxyl groups is 1. The number of phenolic OH excluding ortho intramolecular Hbond substituents is 1. The molecule has 0 amide bonds. The van der Waals surface area contributed by atoms with Gasteiger partial charge in [-0.25, -0.2) is 0 Å². The zero-order valence-electron chi connectivity index (χ0n) is 21.4. The number of piperidine rings is 1. The topological polar surface area (TPSA) is 91.3 Å². The van der Waals surface area contributed by atoms with Gasteiger partial charge in [0.2, 0.25) is 0 Å². The molecule has 3 fully saturated rings. The van der Waals surface area contributed by atoms with Crippen LogP contribution >= 0.6 is 24.8 Å². The summed E-state index contributed by atoms with van der Waals surface area (Å²) in [5.41, 5.74) is 2.15. The van der Waals surface area contributed by atoms with E-state index >= 15 is 0 Å². The highest BCUT2D eigenvalue weighted by molar-refractivity contribution is 5.85. The predicted octanol–water partition coefficient (Wildman–Crippen LogP) is 4.15. The number of carboxylic acid groups (broad SMARTS) is 1. The molecule has 7 atom stereocenters. The first-order valence-corrected chi connectivity index (χ1v) is 13.2. The van der Waals surface area contributed by atoms with Crippen LogP contribution in [0.5, 0.6) is 17.2 Å². The Bertz CT molecular complexity index is 1000. The van der Waals surface area contributed by atoms with E-state index in [1.807, 2.05) is 13.8 Å². The van der Waals surface area contributed by atoms with Crippen LogP contribution in [0, 0.1) is 17.8 Å². The monoisotopic (exact) mass is 542 g/mol. The summed E-state index contributed by atoms with van der Waals surface area (Å²) in [6, 6.07) is 1.49. The Morgan fingerprint density at radius 2 is 2.06 bits per heavy atom. The lowest BCUT2D eigenvalue weighted by molar-refractivity contribution is -0.142. The summed E-state index contributed by atoms with van der Waals surface area (Å²) in [6.45, 7) is 6.26. The molecule has 2 aliphatic heterocycles. The summed E-state index contributed by atoms with van der Waals surface area (Å²) in [7, 11) is 1.68. The summed E-state index contributed by atoms with van der Waals surface area (Å²) in [6.07, 6.45) is 7.19. The van der Waals surface area contributed by atoms with Gasteiger partial charge in [0.15, 0.2) is 11.5 Å². The normalized spacial score (nSPS) is 33.3. The van der Waals surface area contributed by atoms with Gasteiger partial charge in [-0.05, 0) is 62.8 Å². The highest BCUT2D eigenvalue weighted by atomic mass is 35.5. The Kier molecular flexibility index (Phi) is 7.71. The number of ether oxygens (including phenoxy) is 2. The number of nitrogens with one attached hydrogen (secondary N) is 1. The van der Waals surface area contributed by atoms with Gasteiger partial charge in [0.25, 0.3) is 0 Å². The molecule has 1 aromatic carbocycles. The smallest absolute Gasteiger partial charge is 0.320 e. The van der Waals surface area contributed by atoms with Gasteiger partial charge in [0.05, 0.1) is 7.11 Å². The lowest BCUT2D eigenvalue weighted by Crippen LogP contribution is -2.69. The number of carboxylic acids is 1. The van der Waals surface area contributed by atoms with Gasteiger partial charge in [-0.3, -0.25) is 15.0 Å². The summed E-state index contributed by atoms with van der Waals surface area (Å²) in [5, 5.41) is 24.4. The minimum absolute atomic E-state index is 0. The fourth-order valence-corrected chi connectivity index (χ4v) is 7.83. The molecule has 5 aliphatic rings. The number of phenols is 1. The third-order valence-corrected chi connectivity index (χ3v) is 9.80. The highest BCUT2D eigenvalue weighted by Crippen LogP contribution is 2.65. The number of likely N-dealkylation sites (tertiary alicyclic amines) is 1. The maximum Gasteiger partial charge on any atom is 0.320 e. The van der Waals surface area contributed by atoms with Crippen molar-refractivity contribution < 1.29 is 24.5 Å². The molecule has 6 rings (SSSR count). The van der Waals surface area contributed by atoms with E-state index in [4.69, 9.17) is 9.47 Å². The lowest BCUT2D eigenvalue weighted by Gasteiger charge is -2.60. The highest BCUT2D eigenvalue weighted by Gasteiger charge is 2.66. The number of hydrogen-bond donors (Lipinski definition) is 3. The second kappa shape index (κ2) is 10.0. The van der Waals surface area contributed by atoms with Crippen molar-refractivity contribution in [2.75, 3.05) is 20.2 Å². The summed E-state index contributed by atoms with van der Waals surface area (Å²) in [4.78, 5) is 14.9. The molecule has 0 unspecified atom stereocenters. The molecule has 2 heterocycles. The third kappa shape index (κ3) is 3.96. The van der Waals surface area contributed by atoms with Gasteiger partial charge in [-0.15, -0.1) is 24.8 Å². The Morgan fingerprint density at radius 1 is 1.31 bits per heavy atom. The maximum absolute atomic E-state index is 12.1. The average Bonchev–Trinajstić information content (AvgIpc) is 3.57. The fourth-order valence-electron chi connectivity index (χ4n) is 7.83. The van der Waals surface area contributed by atoms with Crippen LogP contribution in [-0.2, 0) is 16.6 Å². The third-order valence-electron chi connectivity index (χ3n) is 9.80. The molecule has 9 heteroatoms. The molecular formula is C27H40Cl2N2O5. The number of methoxy groups -OCH3 is 1. The van der Waals surface area contributed by atoms with E-state index in [0.717, 1.165) is 55.9 Å². The van der Waals surface area contributed by atoms with Gasteiger partial charge in [-0.1, -0.05) is 20.3 Å². The number of benzene rings is 1. The van der Waals surface area contributed by atoms with Gasteiger partial charge in [0.1, 0.15) is 17.9 Å². The van der Waals surface area contributed by atoms with Crippen LogP contribution in [-0.4, -0.2) is 65.5 Å². The second-order valence-corrected chi connectivity index (χ2v) is 11.5. The number of carbonyl (C=O) groups is 1. The molecule has 0 aromatic heterocycles. The van der Waals surface area contributed by atoms with Gasteiger partial charge in [-0.2, -0.15) is 0 Å². The van der Waals surface area contributed by atoms with E-state index in [2.05, 4.69) is 10.2 Å². The van der Waals surface area contributed by atoms with Crippen molar-refractivity contribution in [2.45, 2.75) is 88.4 Å². The van der Waals surface area contributed by atoms with E-state index < -0.39 is 12.0 Å². The second-order valence-electron chi connectivity index (χ2n) is 11.5. The quantitative estimate of drug-likeness (QED) is 0.454. The Hall–Kier alpha value is -1.41. The van der Waals surface area contributed by atoms with Crippen LogP contribution < -0.4 is 14.8 Å². The largest absolute Gasteiger partial charge is 0.504 e. The number of halogens is 2. The molecule has 3 aliphatic carbocycles. The number of nitrogens with zero attached hydrogens (tertiary/aromatic N) is 1. The first-order chi connectivity index (χ1) is 16.4. The molecule has 7 nitrogen and oxygen atoms in total. The van der Waals surface area contributed by atoms with E-state index in [-0.39, 0.29) is 54.0 Å². The maximum atomic E-state index is 12.1. The van der Waals surface area contributed by atoms with Crippen molar-refractivity contribution in [3.05, 3.63) is 17.2 Å². The van der Waals surface area contributed by atoms with Crippen molar-refractivity contribution in [3.8, 4) is 17.2 Å². The Morgan fingerprint density at radius 3 is 2.69 bits per heavy atom. The van der Waals surface area contributed by atoms with Crippen molar-refractivity contribution in [3.63, 3.8) is 0 Å². The molecule has 1 spiro atoms. The first kappa shape index (κ1) is 27.6. The number of rotatable bonds is 8.